The zero-order chi connectivity index (χ0) is 9.52. The molecular weight excluding hydrogens is 234 g/mol. The summed E-state index contributed by atoms with van der Waals surface area (Å²) in [5, 5.41) is 0. The van der Waals surface area contributed by atoms with E-state index in [9.17, 15) is 0 Å². The van der Waals surface area contributed by atoms with Gasteiger partial charge >= 0.3 is 0 Å². The topological polar surface area (TPSA) is 21.7 Å². The maximum atomic E-state index is 5.39. The van der Waals surface area contributed by atoms with E-state index in [1.807, 2.05) is 0 Å². The van der Waals surface area contributed by atoms with Gasteiger partial charge in [-0.25, -0.2) is 0 Å². The van der Waals surface area contributed by atoms with Gasteiger partial charge in [-0.1, -0.05) is 15.9 Å². The van der Waals surface area contributed by atoms with E-state index < -0.39 is 0 Å². The molecule has 0 radical (unpaired) electrons. The molecule has 1 unspecified atom stereocenters. The molecule has 0 saturated carbocycles. The minimum atomic E-state index is 0.687. The largest absolute Gasteiger partial charge is 0.382 e. The first-order valence-corrected chi connectivity index (χ1v) is 5.67. The Hall–Kier alpha value is 0.360. The van der Waals surface area contributed by atoms with Crippen LogP contribution < -0.4 is 0 Å². The van der Waals surface area contributed by atoms with E-state index in [2.05, 4.69) is 20.8 Å². The van der Waals surface area contributed by atoms with Crippen molar-refractivity contribution in [2.45, 2.75) is 11.2 Å². The van der Waals surface area contributed by atoms with Crippen LogP contribution in [0.3, 0.4) is 0 Å². The fourth-order valence-electron chi connectivity index (χ4n) is 1.43. The van der Waals surface area contributed by atoms with E-state index in [-0.39, 0.29) is 0 Å². The average Bonchev–Trinajstić information content (AvgIpc) is 2.51. The molecular formula is C9H18BrNO2. The molecule has 0 aromatic carbocycles. The van der Waals surface area contributed by atoms with Crippen molar-refractivity contribution in [2.24, 2.45) is 0 Å². The Morgan fingerprint density at radius 1 is 1.38 bits per heavy atom. The van der Waals surface area contributed by atoms with Gasteiger partial charge < -0.3 is 9.47 Å². The lowest BCUT2D eigenvalue weighted by Gasteiger charge is -2.14. The third kappa shape index (κ3) is 4.96. The Bertz CT molecular complexity index is 135. The molecule has 3 nitrogen and oxygen atoms in total. The molecule has 1 aliphatic heterocycles. The zero-order valence-corrected chi connectivity index (χ0v) is 9.75. The van der Waals surface area contributed by atoms with Crippen LogP contribution in [0.15, 0.2) is 0 Å². The lowest BCUT2D eigenvalue weighted by atomic mass is 10.4. The number of rotatable bonds is 6. The van der Waals surface area contributed by atoms with Gasteiger partial charge in [0.05, 0.1) is 19.8 Å². The van der Waals surface area contributed by atoms with Crippen molar-refractivity contribution in [3.8, 4) is 0 Å². The molecule has 13 heavy (non-hydrogen) atoms. The van der Waals surface area contributed by atoms with E-state index in [0.29, 0.717) is 18.0 Å². The Labute approximate surface area is 88.5 Å². The van der Waals surface area contributed by atoms with Gasteiger partial charge in [-0.3, -0.25) is 4.90 Å². The summed E-state index contributed by atoms with van der Waals surface area (Å²) in [6, 6.07) is 0. The molecule has 78 valence electrons. The predicted molar refractivity (Wildman–Crippen MR) is 56.5 cm³/mol. The first kappa shape index (κ1) is 11.4. The second kappa shape index (κ2) is 6.76. The molecule has 1 saturated heterocycles. The number of nitrogens with zero attached hydrogens (tertiary/aromatic N) is 1. The molecule has 1 aliphatic rings. The first-order chi connectivity index (χ1) is 6.33. The Morgan fingerprint density at radius 2 is 2.23 bits per heavy atom. The van der Waals surface area contributed by atoms with E-state index in [0.717, 1.165) is 19.7 Å². The van der Waals surface area contributed by atoms with E-state index in [4.69, 9.17) is 9.47 Å². The molecule has 1 heterocycles. The highest BCUT2D eigenvalue weighted by molar-refractivity contribution is 9.09. The van der Waals surface area contributed by atoms with Gasteiger partial charge in [-0.2, -0.15) is 0 Å². The van der Waals surface area contributed by atoms with Crippen molar-refractivity contribution in [2.75, 3.05) is 46.6 Å². The molecule has 1 rings (SSSR count). The maximum absolute atomic E-state index is 5.39. The van der Waals surface area contributed by atoms with Crippen LogP contribution in [0.4, 0.5) is 0 Å². The molecule has 0 aromatic heterocycles. The van der Waals surface area contributed by atoms with Crippen LogP contribution in [0.5, 0.6) is 0 Å². The predicted octanol–water partition coefficient (Wildman–Crippen LogP) is 1.12. The zero-order valence-electron chi connectivity index (χ0n) is 8.17. The van der Waals surface area contributed by atoms with Crippen LogP contribution in [0.25, 0.3) is 0 Å². The normalized spacial score (nSPS) is 24.0. The Kier molecular flexibility index (Phi) is 5.95. The fraction of sp³-hybridized carbons (Fsp3) is 1.00. The number of ether oxygens (including phenoxy) is 2. The second-order valence-electron chi connectivity index (χ2n) is 3.29. The molecule has 1 fully saturated rings. The molecule has 0 bridgehead atoms. The summed E-state index contributed by atoms with van der Waals surface area (Å²) in [4.78, 5) is 3.11. The second-order valence-corrected chi connectivity index (χ2v) is 4.59. The summed E-state index contributed by atoms with van der Waals surface area (Å²) < 4.78 is 10.3. The highest BCUT2D eigenvalue weighted by atomic mass is 79.9. The summed E-state index contributed by atoms with van der Waals surface area (Å²) in [5.41, 5.74) is 0. The molecule has 0 spiro atoms. The highest BCUT2D eigenvalue weighted by Crippen LogP contribution is 2.15. The van der Waals surface area contributed by atoms with Gasteiger partial charge in [0.25, 0.3) is 0 Å². The quantitative estimate of drug-likeness (QED) is 0.522. The van der Waals surface area contributed by atoms with Crippen molar-refractivity contribution < 1.29 is 9.47 Å². The van der Waals surface area contributed by atoms with Crippen LogP contribution in [0, 0.1) is 0 Å². The van der Waals surface area contributed by atoms with Crippen molar-refractivity contribution in [1.29, 1.82) is 0 Å². The van der Waals surface area contributed by atoms with Crippen LogP contribution in [0.2, 0.25) is 0 Å². The van der Waals surface area contributed by atoms with E-state index in [1.165, 1.54) is 13.0 Å². The van der Waals surface area contributed by atoms with Gasteiger partial charge in [0, 0.05) is 25.0 Å². The first-order valence-electron chi connectivity index (χ1n) is 4.76. The molecule has 0 amide bonds. The van der Waals surface area contributed by atoms with E-state index >= 15 is 0 Å². The summed E-state index contributed by atoms with van der Waals surface area (Å²) >= 11 is 3.61. The SMILES string of the molecule is COCCOCCN1CCC(Br)C1. The standard InChI is InChI=1S/C9H18BrNO2/c1-12-6-7-13-5-4-11-3-2-9(10)8-11/h9H,2-8H2,1H3. The average molecular weight is 252 g/mol. The molecule has 4 heteroatoms. The van der Waals surface area contributed by atoms with Gasteiger partial charge in [0.1, 0.15) is 0 Å². The molecule has 0 aromatic rings. The number of methoxy groups -OCH3 is 1. The van der Waals surface area contributed by atoms with Crippen LogP contribution in [-0.2, 0) is 9.47 Å². The number of halogens is 1. The number of hydrogen-bond donors (Lipinski definition) is 0. The molecule has 1 atom stereocenters. The van der Waals surface area contributed by atoms with Gasteiger partial charge in [0.15, 0.2) is 0 Å². The third-order valence-electron chi connectivity index (χ3n) is 2.20. The van der Waals surface area contributed by atoms with Crippen molar-refractivity contribution in [1.82, 2.24) is 4.90 Å². The van der Waals surface area contributed by atoms with Gasteiger partial charge in [-0.05, 0) is 13.0 Å². The summed E-state index contributed by atoms with van der Waals surface area (Å²) in [6.07, 6.45) is 1.26. The molecule has 0 aliphatic carbocycles. The Morgan fingerprint density at radius 3 is 2.85 bits per heavy atom. The Balaban J connectivity index is 1.88. The van der Waals surface area contributed by atoms with Crippen LogP contribution in [0.1, 0.15) is 6.42 Å². The van der Waals surface area contributed by atoms with Crippen LogP contribution in [-0.4, -0.2) is 56.3 Å². The monoisotopic (exact) mass is 251 g/mol. The smallest absolute Gasteiger partial charge is 0.0700 e. The lowest BCUT2D eigenvalue weighted by molar-refractivity contribution is 0.0604. The van der Waals surface area contributed by atoms with Gasteiger partial charge in [0.2, 0.25) is 0 Å². The number of likely N-dealkylation sites (tertiary alicyclic amines) is 1. The highest BCUT2D eigenvalue weighted by Gasteiger charge is 2.18. The third-order valence-corrected chi connectivity index (χ3v) is 2.95. The van der Waals surface area contributed by atoms with Gasteiger partial charge in [-0.15, -0.1) is 0 Å². The summed E-state index contributed by atoms with van der Waals surface area (Å²) in [6.45, 7) is 5.63. The molecule has 0 N–H and O–H groups in total. The summed E-state index contributed by atoms with van der Waals surface area (Å²) in [5.74, 6) is 0. The summed E-state index contributed by atoms with van der Waals surface area (Å²) in [7, 11) is 1.69. The van der Waals surface area contributed by atoms with Crippen molar-refractivity contribution in [3.05, 3.63) is 0 Å². The van der Waals surface area contributed by atoms with Crippen LogP contribution >= 0.6 is 15.9 Å². The minimum absolute atomic E-state index is 0.687. The van der Waals surface area contributed by atoms with E-state index in [1.54, 1.807) is 7.11 Å². The number of hydrogen-bond acceptors (Lipinski definition) is 3. The van der Waals surface area contributed by atoms with Crippen molar-refractivity contribution >= 4 is 15.9 Å². The number of alkyl halides is 1. The lowest BCUT2D eigenvalue weighted by Crippen LogP contribution is -2.25. The minimum Gasteiger partial charge on any atom is -0.382 e. The maximum Gasteiger partial charge on any atom is 0.0700 e. The fourth-order valence-corrected chi connectivity index (χ4v) is 2.04. The van der Waals surface area contributed by atoms with Crippen molar-refractivity contribution in [3.63, 3.8) is 0 Å².